The summed E-state index contributed by atoms with van der Waals surface area (Å²) in [7, 11) is -1.66. The molecular formula is C13H28O2Si. The molecule has 1 fully saturated rings. The Kier molecular flexibility index (Phi) is 4.61. The molecule has 96 valence electrons. The quantitative estimate of drug-likeness (QED) is 0.769. The van der Waals surface area contributed by atoms with E-state index in [0.29, 0.717) is 18.6 Å². The van der Waals surface area contributed by atoms with Gasteiger partial charge in [-0.15, -0.1) is 0 Å². The van der Waals surface area contributed by atoms with Gasteiger partial charge in [0, 0.05) is 12.5 Å². The number of aliphatic hydroxyl groups is 1. The molecule has 0 spiro atoms. The Labute approximate surface area is 102 Å². The van der Waals surface area contributed by atoms with E-state index in [1.807, 2.05) is 0 Å². The second-order valence-electron chi connectivity index (χ2n) is 6.64. The average molecular weight is 244 g/mol. The van der Waals surface area contributed by atoms with Crippen LogP contribution in [0.3, 0.4) is 0 Å². The first-order chi connectivity index (χ1) is 7.28. The van der Waals surface area contributed by atoms with E-state index in [2.05, 4.69) is 33.9 Å². The summed E-state index contributed by atoms with van der Waals surface area (Å²) in [6.45, 7) is 11.7. The predicted octanol–water partition coefficient (Wildman–Crippen LogP) is 3.56. The zero-order valence-corrected chi connectivity index (χ0v) is 12.5. The van der Waals surface area contributed by atoms with Crippen molar-refractivity contribution in [2.24, 2.45) is 5.92 Å². The van der Waals surface area contributed by atoms with Crippen LogP contribution in [0.5, 0.6) is 0 Å². The van der Waals surface area contributed by atoms with Gasteiger partial charge >= 0.3 is 0 Å². The molecule has 1 rings (SSSR count). The summed E-state index contributed by atoms with van der Waals surface area (Å²) in [4.78, 5) is 0. The molecule has 16 heavy (non-hydrogen) atoms. The average Bonchev–Trinajstić information content (AvgIpc) is 2.16. The maximum Gasteiger partial charge on any atom is 0.192 e. The Bertz CT molecular complexity index is 220. The molecule has 0 bridgehead atoms. The topological polar surface area (TPSA) is 29.5 Å². The minimum Gasteiger partial charge on any atom is -0.414 e. The highest BCUT2D eigenvalue weighted by atomic mass is 28.4. The summed E-state index contributed by atoms with van der Waals surface area (Å²) in [5.74, 6) is 0.378. The third kappa shape index (κ3) is 3.31. The van der Waals surface area contributed by atoms with Crippen LogP contribution in [-0.2, 0) is 4.43 Å². The van der Waals surface area contributed by atoms with Crippen LogP contribution in [0.25, 0.3) is 0 Å². The van der Waals surface area contributed by atoms with Crippen molar-refractivity contribution in [2.75, 3.05) is 6.61 Å². The smallest absolute Gasteiger partial charge is 0.192 e. The zero-order valence-electron chi connectivity index (χ0n) is 11.5. The fourth-order valence-electron chi connectivity index (χ4n) is 2.09. The van der Waals surface area contributed by atoms with E-state index >= 15 is 0 Å². The van der Waals surface area contributed by atoms with Gasteiger partial charge < -0.3 is 9.53 Å². The van der Waals surface area contributed by atoms with E-state index in [-0.39, 0.29) is 5.04 Å². The molecule has 0 aromatic heterocycles. The van der Waals surface area contributed by atoms with Crippen molar-refractivity contribution in [3.63, 3.8) is 0 Å². The Morgan fingerprint density at radius 1 is 1.19 bits per heavy atom. The molecule has 0 aromatic carbocycles. The lowest BCUT2D eigenvalue weighted by atomic mass is 9.87. The standard InChI is InChI=1S/C13H28O2Si/c1-13(2,3)16(4,5)15-12-9-7-6-8-11(12)10-14/h11-12,14H,6-10H2,1-5H3/t11-,12+/m0/s1. The van der Waals surface area contributed by atoms with Crippen LogP contribution >= 0.6 is 0 Å². The number of aliphatic hydroxyl groups excluding tert-OH is 1. The molecule has 0 unspecified atom stereocenters. The van der Waals surface area contributed by atoms with Crippen LogP contribution in [0.4, 0.5) is 0 Å². The molecular weight excluding hydrogens is 216 g/mol. The molecule has 0 aromatic rings. The SMILES string of the molecule is CC(C)(C)[Si](C)(C)O[C@@H]1CCCC[C@H]1CO. The summed E-state index contributed by atoms with van der Waals surface area (Å²) in [6, 6.07) is 0. The minimum atomic E-state index is -1.66. The molecule has 1 aliphatic carbocycles. The summed E-state index contributed by atoms with van der Waals surface area (Å²) in [5.41, 5.74) is 0. The monoisotopic (exact) mass is 244 g/mol. The van der Waals surface area contributed by atoms with Gasteiger partial charge in [-0.2, -0.15) is 0 Å². The van der Waals surface area contributed by atoms with Gasteiger partial charge in [0.05, 0.1) is 6.10 Å². The van der Waals surface area contributed by atoms with Crippen LogP contribution < -0.4 is 0 Å². The van der Waals surface area contributed by atoms with Crippen molar-refractivity contribution in [1.29, 1.82) is 0 Å². The highest BCUT2D eigenvalue weighted by Gasteiger charge is 2.41. The van der Waals surface area contributed by atoms with E-state index in [1.54, 1.807) is 0 Å². The van der Waals surface area contributed by atoms with Gasteiger partial charge in [-0.1, -0.05) is 33.6 Å². The first-order valence-electron chi connectivity index (χ1n) is 6.56. The molecule has 0 amide bonds. The maximum atomic E-state index is 9.40. The Morgan fingerprint density at radius 3 is 2.25 bits per heavy atom. The molecule has 1 N–H and O–H groups in total. The van der Waals surface area contributed by atoms with E-state index in [9.17, 15) is 5.11 Å². The lowest BCUT2D eigenvalue weighted by Gasteiger charge is -2.42. The van der Waals surface area contributed by atoms with Gasteiger partial charge in [-0.25, -0.2) is 0 Å². The van der Waals surface area contributed by atoms with E-state index in [1.165, 1.54) is 12.8 Å². The predicted molar refractivity (Wildman–Crippen MR) is 71.1 cm³/mol. The largest absolute Gasteiger partial charge is 0.414 e. The second kappa shape index (κ2) is 5.19. The van der Waals surface area contributed by atoms with Gasteiger partial charge in [0.1, 0.15) is 0 Å². The highest BCUT2D eigenvalue weighted by molar-refractivity contribution is 6.74. The molecule has 1 saturated carbocycles. The Morgan fingerprint density at radius 2 is 1.75 bits per heavy atom. The van der Waals surface area contributed by atoms with Gasteiger partial charge in [0.25, 0.3) is 0 Å². The lowest BCUT2D eigenvalue weighted by Crippen LogP contribution is -2.47. The molecule has 0 saturated heterocycles. The highest BCUT2D eigenvalue weighted by Crippen LogP contribution is 2.40. The lowest BCUT2D eigenvalue weighted by molar-refractivity contribution is 0.0440. The molecule has 0 aliphatic heterocycles. The van der Waals surface area contributed by atoms with Gasteiger partial charge in [0.15, 0.2) is 8.32 Å². The number of hydrogen-bond donors (Lipinski definition) is 1. The van der Waals surface area contributed by atoms with E-state index < -0.39 is 8.32 Å². The van der Waals surface area contributed by atoms with Crippen molar-refractivity contribution >= 4 is 8.32 Å². The normalized spacial score (nSPS) is 28.1. The fraction of sp³-hybridized carbons (Fsp3) is 1.00. The summed E-state index contributed by atoms with van der Waals surface area (Å²) in [6.07, 6.45) is 5.09. The van der Waals surface area contributed by atoms with Crippen LogP contribution in [0.1, 0.15) is 46.5 Å². The van der Waals surface area contributed by atoms with Crippen molar-refractivity contribution < 1.29 is 9.53 Å². The summed E-state index contributed by atoms with van der Waals surface area (Å²) >= 11 is 0. The van der Waals surface area contributed by atoms with Crippen LogP contribution in [0.15, 0.2) is 0 Å². The minimum absolute atomic E-state index is 0.268. The van der Waals surface area contributed by atoms with Crippen molar-refractivity contribution in [1.82, 2.24) is 0 Å². The van der Waals surface area contributed by atoms with Gasteiger partial charge in [0.2, 0.25) is 0 Å². The van der Waals surface area contributed by atoms with Gasteiger partial charge in [-0.3, -0.25) is 0 Å². The molecule has 0 radical (unpaired) electrons. The first-order valence-corrected chi connectivity index (χ1v) is 9.47. The van der Waals surface area contributed by atoms with Crippen molar-refractivity contribution in [3.8, 4) is 0 Å². The van der Waals surface area contributed by atoms with Crippen molar-refractivity contribution in [2.45, 2.75) is 70.7 Å². The number of hydrogen-bond acceptors (Lipinski definition) is 2. The van der Waals surface area contributed by atoms with E-state index in [0.717, 1.165) is 12.8 Å². The third-order valence-corrected chi connectivity index (χ3v) is 8.83. The second-order valence-corrected chi connectivity index (χ2v) is 11.4. The van der Waals surface area contributed by atoms with Crippen LogP contribution in [0.2, 0.25) is 18.1 Å². The fourth-order valence-corrected chi connectivity index (χ4v) is 3.51. The molecule has 2 nitrogen and oxygen atoms in total. The van der Waals surface area contributed by atoms with Crippen LogP contribution in [0, 0.1) is 5.92 Å². The maximum absolute atomic E-state index is 9.40. The Hall–Kier alpha value is 0.137. The Balaban J connectivity index is 2.64. The van der Waals surface area contributed by atoms with E-state index in [4.69, 9.17) is 4.43 Å². The van der Waals surface area contributed by atoms with Crippen LogP contribution in [-0.4, -0.2) is 26.1 Å². The number of rotatable bonds is 3. The summed E-state index contributed by atoms with van der Waals surface area (Å²) in [5, 5.41) is 9.66. The summed E-state index contributed by atoms with van der Waals surface area (Å²) < 4.78 is 6.43. The first kappa shape index (κ1) is 14.2. The zero-order chi connectivity index (χ0) is 12.4. The van der Waals surface area contributed by atoms with Gasteiger partial charge in [-0.05, 0) is 31.0 Å². The molecule has 0 heterocycles. The molecule has 1 aliphatic rings. The molecule has 2 atom stereocenters. The van der Waals surface area contributed by atoms with Crippen molar-refractivity contribution in [3.05, 3.63) is 0 Å². The third-order valence-electron chi connectivity index (χ3n) is 4.33. The molecule has 3 heteroatoms.